The van der Waals surface area contributed by atoms with Crippen LogP contribution in [-0.2, 0) is 0 Å². The summed E-state index contributed by atoms with van der Waals surface area (Å²) >= 11 is 11.7. The normalized spacial score (nSPS) is 10.2. The van der Waals surface area contributed by atoms with Gasteiger partial charge in [-0.15, -0.1) is 0 Å². The zero-order valence-corrected chi connectivity index (χ0v) is 10.2. The lowest BCUT2D eigenvalue weighted by atomic mass is 10.1. The largest absolute Gasteiger partial charge is 0.293 e. The van der Waals surface area contributed by atoms with E-state index in [-0.39, 0.29) is 21.7 Å². The van der Waals surface area contributed by atoms with Crippen molar-refractivity contribution in [3.8, 4) is 0 Å². The summed E-state index contributed by atoms with van der Waals surface area (Å²) in [6.07, 6.45) is 0. The van der Waals surface area contributed by atoms with Gasteiger partial charge in [-0.3, -0.25) is 4.79 Å². The topological polar surface area (TPSA) is 17.1 Å². The molecule has 0 amide bonds. The van der Waals surface area contributed by atoms with Crippen LogP contribution in [0.3, 0.4) is 0 Å². The fourth-order valence-corrected chi connectivity index (χ4v) is 1.60. The van der Waals surface area contributed by atoms with Crippen LogP contribution in [0.25, 0.3) is 0 Å². The lowest BCUT2D eigenvalue weighted by Crippen LogP contribution is -2.03. The first-order chi connectivity index (χ1) is 6.06. The number of alkyl halides is 1. The summed E-state index contributed by atoms with van der Waals surface area (Å²) in [6.45, 7) is 0. The maximum atomic E-state index is 13.1. The van der Waals surface area contributed by atoms with E-state index in [9.17, 15) is 9.18 Å². The van der Waals surface area contributed by atoms with E-state index in [4.69, 9.17) is 11.6 Å². The van der Waals surface area contributed by atoms with Gasteiger partial charge >= 0.3 is 0 Å². The molecule has 0 spiro atoms. The lowest BCUT2D eigenvalue weighted by Gasteiger charge is -2.02. The molecule has 0 heterocycles. The van der Waals surface area contributed by atoms with Gasteiger partial charge < -0.3 is 0 Å². The van der Waals surface area contributed by atoms with Crippen LogP contribution in [0.5, 0.6) is 0 Å². The molecule has 5 heteroatoms. The second-order valence-electron chi connectivity index (χ2n) is 2.30. The van der Waals surface area contributed by atoms with E-state index in [2.05, 4.69) is 31.9 Å². The second kappa shape index (κ2) is 4.53. The van der Waals surface area contributed by atoms with Crippen LogP contribution >= 0.6 is 43.5 Å². The van der Waals surface area contributed by atoms with Crippen molar-refractivity contribution in [1.29, 1.82) is 0 Å². The summed E-state index contributed by atoms with van der Waals surface area (Å²) < 4.78 is 13.6. The molecule has 0 unspecified atom stereocenters. The molecule has 0 N–H and O–H groups in total. The molecule has 1 nitrogen and oxygen atoms in total. The molecule has 0 saturated heterocycles. The molecule has 1 rings (SSSR count). The predicted octanol–water partition coefficient (Wildman–Crippen LogP) is 3.82. The zero-order valence-electron chi connectivity index (χ0n) is 6.28. The third kappa shape index (κ3) is 2.51. The Hall–Kier alpha value is 0.0700. The first kappa shape index (κ1) is 11.1. The van der Waals surface area contributed by atoms with E-state index in [1.807, 2.05) is 0 Å². The highest BCUT2D eigenvalue weighted by molar-refractivity contribution is 9.10. The monoisotopic (exact) mass is 328 g/mol. The minimum Gasteiger partial charge on any atom is -0.293 e. The molecule has 70 valence electrons. The molecule has 0 atom stereocenters. The molecule has 0 bridgehead atoms. The summed E-state index contributed by atoms with van der Waals surface area (Å²) in [5.41, 5.74) is 0.0353. The quantitative estimate of drug-likeness (QED) is 0.458. The van der Waals surface area contributed by atoms with Crippen molar-refractivity contribution in [2.24, 2.45) is 0 Å². The summed E-state index contributed by atoms with van der Waals surface area (Å²) in [7, 11) is 0. The van der Waals surface area contributed by atoms with E-state index < -0.39 is 5.82 Å². The van der Waals surface area contributed by atoms with Crippen LogP contribution in [0, 0.1) is 5.82 Å². The smallest absolute Gasteiger partial charge is 0.176 e. The van der Waals surface area contributed by atoms with Gasteiger partial charge in [-0.2, -0.15) is 0 Å². The van der Waals surface area contributed by atoms with Gasteiger partial charge in [-0.05, 0) is 28.1 Å². The summed E-state index contributed by atoms with van der Waals surface area (Å²) in [4.78, 5) is 11.1. The molecule has 0 aliphatic heterocycles. The number of halogens is 4. The third-order valence-corrected chi connectivity index (χ3v) is 3.14. The average molecular weight is 330 g/mol. The Morgan fingerprint density at radius 2 is 2.15 bits per heavy atom. The minimum absolute atomic E-state index is 0.0353. The van der Waals surface area contributed by atoms with Crippen molar-refractivity contribution in [1.82, 2.24) is 0 Å². The van der Waals surface area contributed by atoms with Crippen molar-refractivity contribution in [3.05, 3.63) is 33.0 Å². The van der Waals surface area contributed by atoms with E-state index in [0.29, 0.717) is 4.47 Å². The lowest BCUT2D eigenvalue weighted by molar-refractivity contribution is 0.102. The van der Waals surface area contributed by atoms with Crippen LogP contribution in [0.2, 0.25) is 5.02 Å². The molecular weight excluding hydrogens is 326 g/mol. The molecule has 0 aromatic heterocycles. The number of carbonyl (C=O) groups is 1. The number of benzene rings is 1. The molecule has 0 aliphatic rings. The Bertz CT molecular complexity index is 354. The van der Waals surface area contributed by atoms with Gasteiger partial charge in [0.1, 0.15) is 5.82 Å². The number of carbonyl (C=O) groups excluding carboxylic acids is 1. The maximum Gasteiger partial charge on any atom is 0.176 e. The van der Waals surface area contributed by atoms with E-state index in [1.165, 1.54) is 6.07 Å². The Morgan fingerprint density at radius 3 is 2.69 bits per heavy atom. The first-order valence-electron chi connectivity index (χ1n) is 3.30. The number of rotatable bonds is 2. The standard InChI is InChI=1S/C8H4Br2ClFO/c9-3-8(13)4-1-5(10)6(11)2-7(4)12/h1-2H,3H2. The zero-order chi connectivity index (χ0) is 10.0. The Balaban J connectivity index is 3.23. The van der Waals surface area contributed by atoms with Crippen molar-refractivity contribution < 1.29 is 9.18 Å². The number of Topliss-reactive ketones (excluding diaryl/α,β-unsaturated/α-hetero) is 1. The van der Waals surface area contributed by atoms with E-state index in [1.54, 1.807) is 0 Å². The predicted molar refractivity (Wildman–Crippen MR) is 57.2 cm³/mol. The molecule has 1 aromatic carbocycles. The molecule has 0 fully saturated rings. The number of ketones is 1. The SMILES string of the molecule is O=C(CBr)c1cc(Br)c(Cl)cc1F. The average Bonchev–Trinajstić information content (AvgIpc) is 2.10. The van der Waals surface area contributed by atoms with E-state index in [0.717, 1.165) is 6.07 Å². The Labute approximate surface area is 96.5 Å². The van der Waals surface area contributed by atoms with Crippen LogP contribution in [-0.4, -0.2) is 11.1 Å². The van der Waals surface area contributed by atoms with Gasteiger partial charge in [0.25, 0.3) is 0 Å². The molecule has 1 aromatic rings. The van der Waals surface area contributed by atoms with Crippen molar-refractivity contribution in [2.45, 2.75) is 0 Å². The Morgan fingerprint density at radius 1 is 1.54 bits per heavy atom. The van der Waals surface area contributed by atoms with Crippen LogP contribution in [0.1, 0.15) is 10.4 Å². The minimum atomic E-state index is -0.599. The highest BCUT2D eigenvalue weighted by Gasteiger charge is 2.12. The van der Waals surface area contributed by atoms with Gasteiger partial charge in [0.05, 0.1) is 15.9 Å². The fourth-order valence-electron chi connectivity index (χ4n) is 0.808. The van der Waals surface area contributed by atoms with Gasteiger partial charge in [0, 0.05) is 4.47 Å². The number of hydrogen-bond acceptors (Lipinski definition) is 1. The summed E-state index contributed by atoms with van der Waals surface area (Å²) in [5, 5.41) is 0.349. The van der Waals surface area contributed by atoms with Gasteiger partial charge in [0.15, 0.2) is 5.78 Å². The maximum absolute atomic E-state index is 13.1. The molecular formula is C8H4Br2ClFO. The number of hydrogen-bond donors (Lipinski definition) is 0. The third-order valence-electron chi connectivity index (χ3n) is 1.43. The van der Waals surface area contributed by atoms with Crippen LogP contribution in [0.15, 0.2) is 16.6 Å². The van der Waals surface area contributed by atoms with Gasteiger partial charge in [0.2, 0.25) is 0 Å². The Kier molecular flexibility index (Phi) is 3.88. The van der Waals surface area contributed by atoms with Gasteiger partial charge in [-0.25, -0.2) is 4.39 Å². The van der Waals surface area contributed by atoms with Crippen LogP contribution < -0.4 is 0 Å². The second-order valence-corrected chi connectivity index (χ2v) is 4.13. The summed E-state index contributed by atoms with van der Waals surface area (Å²) in [6, 6.07) is 2.49. The van der Waals surface area contributed by atoms with Gasteiger partial charge in [-0.1, -0.05) is 27.5 Å². The molecule has 13 heavy (non-hydrogen) atoms. The van der Waals surface area contributed by atoms with E-state index >= 15 is 0 Å². The van der Waals surface area contributed by atoms with Crippen LogP contribution in [0.4, 0.5) is 4.39 Å². The van der Waals surface area contributed by atoms with Crippen molar-refractivity contribution >= 4 is 49.2 Å². The molecule has 0 aliphatic carbocycles. The van der Waals surface area contributed by atoms with Crippen molar-refractivity contribution in [2.75, 3.05) is 5.33 Å². The fraction of sp³-hybridized carbons (Fsp3) is 0.125. The summed E-state index contributed by atoms with van der Waals surface area (Å²) in [5.74, 6) is -0.910. The highest BCUT2D eigenvalue weighted by Crippen LogP contribution is 2.26. The first-order valence-corrected chi connectivity index (χ1v) is 5.59. The molecule has 0 radical (unpaired) electrons. The van der Waals surface area contributed by atoms with Crippen molar-refractivity contribution in [3.63, 3.8) is 0 Å². The molecule has 0 saturated carbocycles. The highest BCUT2D eigenvalue weighted by atomic mass is 79.9.